The van der Waals surface area contributed by atoms with Crippen LogP contribution in [0.2, 0.25) is 0 Å². The van der Waals surface area contributed by atoms with E-state index in [0.29, 0.717) is 5.82 Å². The average molecular weight is 464 g/mol. The second-order valence-corrected chi connectivity index (χ2v) is 9.77. The van der Waals surface area contributed by atoms with E-state index in [9.17, 15) is 0 Å². The largest absolute Gasteiger partial charge is 0.457 e. The van der Waals surface area contributed by atoms with Crippen LogP contribution in [0, 0.1) is 11.8 Å². The number of rotatable bonds is 6. The number of anilines is 1. The van der Waals surface area contributed by atoms with Crippen LogP contribution < -0.4 is 15.8 Å². The Kier molecular flexibility index (Phi) is 5.23. The predicted octanol–water partition coefficient (Wildman–Crippen LogP) is 5.34. The Morgan fingerprint density at radius 1 is 1.03 bits per heavy atom. The minimum Gasteiger partial charge on any atom is -0.457 e. The molecular formula is C29H29N5O. The van der Waals surface area contributed by atoms with Gasteiger partial charge >= 0.3 is 0 Å². The molecule has 3 N–H and O–H groups in total. The smallest absolute Gasteiger partial charge is 0.150 e. The van der Waals surface area contributed by atoms with Crippen molar-refractivity contribution < 1.29 is 4.74 Å². The standard InChI is InChI=1S/C29H29N5O/c1-2-3-17-32-29-15-13-28(20-29,14-16-29)27-33-24(25-26(30)31-18-19-34(25)27)21-9-11-23(12-10-21)35-22-7-5-4-6-8-22/h4-12,18-19,32H,13-17,20H2,1H3,(H2,30,31). The van der Waals surface area contributed by atoms with Crippen LogP contribution in [0.15, 0.2) is 67.0 Å². The molecule has 2 bridgehead atoms. The fourth-order valence-electron chi connectivity index (χ4n) is 6.02. The van der Waals surface area contributed by atoms with Crippen molar-refractivity contribution in [2.45, 2.75) is 50.0 Å². The minimum absolute atomic E-state index is 0.0396. The molecule has 2 aliphatic rings. The number of ether oxygens (including phenoxy) is 1. The first-order valence-electron chi connectivity index (χ1n) is 12.2. The second-order valence-electron chi connectivity index (χ2n) is 9.77. The molecule has 0 unspecified atom stereocenters. The maximum absolute atomic E-state index is 6.42. The molecule has 2 fully saturated rings. The van der Waals surface area contributed by atoms with E-state index in [0.717, 1.165) is 72.7 Å². The summed E-state index contributed by atoms with van der Waals surface area (Å²) in [6.07, 6.45) is 9.39. The van der Waals surface area contributed by atoms with Gasteiger partial charge in [0.25, 0.3) is 0 Å². The lowest BCUT2D eigenvalue weighted by molar-refractivity contribution is 0.335. The molecular weight excluding hydrogens is 434 g/mol. The summed E-state index contributed by atoms with van der Waals surface area (Å²) in [5.41, 5.74) is 9.37. The van der Waals surface area contributed by atoms with Crippen LogP contribution in [0.3, 0.4) is 0 Å². The van der Waals surface area contributed by atoms with Gasteiger partial charge < -0.3 is 15.8 Å². The van der Waals surface area contributed by atoms with Gasteiger partial charge in [0.1, 0.15) is 34.4 Å². The van der Waals surface area contributed by atoms with Crippen LogP contribution >= 0.6 is 0 Å². The number of nitrogens with one attached hydrogen (secondary N) is 1. The number of imidazole rings is 1. The highest BCUT2D eigenvalue weighted by Gasteiger charge is 2.56. The van der Waals surface area contributed by atoms with E-state index in [4.69, 9.17) is 15.5 Å². The molecule has 0 aliphatic heterocycles. The Morgan fingerprint density at radius 3 is 2.51 bits per heavy atom. The first-order chi connectivity index (χ1) is 17.1. The summed E-state index contributed by atoms with van der Waals surface area (Å²) in [4.78, 5) is 9.65. The van der Waals surface area contributed by atoms with Crippen LogP contribution in [0.25, 0.3) is 16.8 Å². The lowest BCUT2D eigenvalue weighted by Gasteiger charge is -2.27. The van der Waals surface area contributed by atoms with E-state index in [1.165, 1.54) is 0 Å². The Balaban J connectivity index is 1.36. The van der Waals surface area contributed by atoms with Gasteiger partial charge in [-0.2, -0.15) is 0 Å². The molecule has 6 heteroatoms. The molecule has 0 atom stereocenters. The summed E-state index contributed by atoms with van der Waals surface area (Å²) in [6, 6.07) is 17.9. The molecule has 2 aromatic carbocycles. The molecule has 2 saturated carbocycles. The third-order valence-electron chi connectivity index (χ3n) is 7.73. The Labute approximate surface area is 205 Å². The van der Waals surface area contributed by atoms with Crippen molar-refractivity contribution >= 4 is 11.3 Å². The van der Waals surface area contributed by atoms with Crippen LogP contribution in [-0.4, -0.2) is 26.5 Å². The van der Waals surface area contributed by atoms with Crippen molar-refractivity contribution in [2.75, 3.05) is 12.3 Å². The molecule has 2 aromatic heterocycles. The Bertz CT molecular complexity index is 1420. The lowest BCUT2D eigenvalue weighted by Crippen LogP contribution is -2.41. The summed E-state index contributed by atoms with van der Waals surface area (Å²) in [7, 11) is 0. The topological polar surface area (TPSA) is 77.5 Å². The van der Waals surface area contributed by atoms with Crippen LogP contribution in [0.4, 0.5) is 5.82 Å². The summed E-state index contributed by atoms with van der Waals surface area (Å²) in [6.45, 7) is 2.64. The molecule has 6 nitrogen and oxygen atoms in total. The molecule has 0 radical (unpaired) electrons. The van der Waals surface area contributed by atoms with Crippen LogP contribution in [-0.2, 0) is 5.41 Å². The van der Waals surface area contributed by atoms with Gasteiger partial charge in [0.15, 0.2) is 0 Å². The maximum Gasteiger partial charge on any atom is 0.150 e. The quantitative estimate of drug-likeness (QED) is 0.378. The molecule has 0 saturated heterocycles. The summed E-state index contributed by atoms with van der Waals surface area (Å²) >= 11 is 0. The van der Waals surface area contributed by atoms with Gasteiger partial charge in [-0.1, -0.05) is 24.1 Å². The zero-order valence-electron chi connectivity index (χ0n) is 19.9. The SMILES string of the molecule is CC#CCNC12CCC(c3nc(-c4ccc(Oc5ccccc5)cc4)c4c(N)nccn34)(CC1)C2. The number of aromatic nitrogens is 3. The highest BCUT2D eigenvalue weighted by atomic mass is 16.5. The van der Waals surface area contributed by atoms with Gasteiger partial charge in [-0.15, -0.1) is 5.92 Å². The lowest BCUT2D eigenvalue weighted by atomic mass is 9.83. The minimum atomic E-state index is 0.0396. The molecule has 6 rings (SSSR count). The third kappa shape index (κ3) is 3.73. The zero-order chi connectivity index (χ0) is 23.9. The predicted molar refractivity (Wildman–Crippen MR) is 138 cm³/mol. The number of para-hydroxylation sites is 1. The van der Waals surface area contributed by atoms with Gasteiger partial charge in [-0.25, -0.2) is 9.97 Å². The van der Waals surface area contributed by atoms with E-state index in [1.54, 1.807) is 6.20 Å². The van der Waals surface area contributed by atoms with E-state index < -0.39 is 0 Å². The highest BCUT2D eigenvalue weighted by Crippen LogP contribution is 2.57. The number of nitrogen functional groups attached to an aromatic ring is 1. The van der Waals surface area contributed by atoms with Crippen molar-refractivity contribution in [1.82, 2.24) is 19.7 Å². The number of fused-ring (bicyclic) bond motifs is 3. The number of hydrogen-bond acceptors (Lipinski definition) is 5. The Hall–Kier alpha value is -3.82. The molecule has 0 amide bonds. The van der Waals surface area contributed by atoms with Crippen molar-refractivity contribution in [3.05, 3.63) is 72.8 Å². The summed E-state index contributed by atoms with van der Waals surface area (Å²) in [5.74, 6) is 9.37. The van der Waals surface area contributed by atoms with Crippen LogP contribution in [0.5, 0.6) is 11.5 Å². The normalized spacial score (nSPS) is 22.8. The van der Waals surface area contributed by atoms with Crippen molar-refractivity contribution in [3.8, 4) is 34.6 Å². The van der Waals surface area contributed by atoms with Crippen molar-refractivity contribution in [3.63, 3.8) is 0 Å². The molecule has 0 spiro atoms. The van der Waals surface area contributed by atoms with Gasteiger partial charge in [0.05, 0.1) is 6.54 Å². The van der Waals surface area contributed by atoms with E-state index in [-0.39, 0.29) is 11.0 Å². The first kappa shape index (κ1) is 21.7. The maximum atomic E-state index is 6.42. The van der Waals surface area contributed by atoms with Gasteiger partial charge in [0.2, 0.25) is 0 Å². The monoisotopic (exact) mass is 463 g/mol. The van der Waals surface area contributed by atoms with E-state index in [1.807, 2.05) is 67.7 Å². The van der Waals surface area contributed by atoms with E-state index >= 15 is 0 Å². The molecule has 35 heavy (non-hydrogen) atoms. The molecule has 2 aliphatic carbocycles. The number of nitrogens with two attached hydrogens (primary N) is 1. The zero-order valence-corrected chi connectivity index (χ0v) is 19.9. The summed E-state index contributed by atoms with van der Waals surface area (Å²) in [5, 5.41) is 3.74. The van der Waals surface area contributed by atoms with E-state index in [2.05, 4.69) is 26.5 Å². The molecule has 2 heterocycles. The summed E-state index contributed by atoms with van der Waals surface area (Å²) < 4.78 is 8.16. The van der Waals surface area contributed by atoms with Crippen LogP contribution in [0.1, 0.15) is 44.9 Å². The van der Waals surface area contributed by atoms with Crippen molar-refractivity contribution in [2.24, 2.45) is 0 Å². The number of hydrogen-bond donors (Lipinski definition) is 2. The highest BCUT2D eigenvalue weighted by molar-refractivity contribution is 5.85. The second kappa shape index (κ2) is 8.44. The average Bonchev–Trinajstić information content (AvgIpc) is 3.57. The number of nitrogens with zero attached hydrogens (tertiary/aromatic N) is 3. The third-order valence-corrected chi connectivity index (χ3v) is 7.73. The fourth-order valence-corrected chi connectivity index (χ4v) is 6.02. The van der Waals surface area contributed by atoms with Crippen molar-refractivity contribution in [1.29, 1.82) is 0 Å². The van der Waals surface area contributed by atoms with Gasteiger partial charge in [-0.05, 0) is 75.4 Å². The Morgan fingerprint density at radius 2 is 1.77 bits per heavy atom. The van der Waals surface area contributed by atoms with Gasteiger partial charge in [0, 0.05) is 28.9 Å². The molecule has 4 aromatic rings. The molecule has 176 valence electrons. The van der Waals surface area contributed by atoms with Gasteiger partial charge in [-0.3, -0.25) is 4.40 Å². The number of benzene rings is 2. The fraction of sp³-hybridized carbons (Fsp3) is 0.310. The first-order valence-corrected chi connectivity index (χ1v) is 12.2.